The molecule has 1 fully saturated rings. The summed E-state index contributed by atoms with van der Waals surface area (Å²) >= 11 is 6.31. The molecule has 45 heavy (non-hydrogen) atoms. The number of carboxylic acid groups (broad SMARTS) is 1. The average molecular weight is 646 g/mol. The van der Waals surface area contributed by atoms with Gasteiger partial charge in [-0.1, -0.05) is 43.6 Å². The summed E-state index contributed by atoms with van der Waals surface area (Å²) in [6, 6.07) is 7.16. The molecule has 11 heteroatoms. The Morgan fingerprint density at radius 3 is 2.42 bits per heavy atom. The third-order valence-corrected chi connectivity index (χ3v) is 8.49. The highest BCUT2D eigenvalue weighted by Gasteiger charge is 2.30. The van der Waals surface area contributed by atoms with Crippen LogP contribution in [0.5, 0.6) is 0 Å². The van der Waals surface area contributed by atoms with Crippen LogP contribution in [0.25, 0.3) is 11.1 Å². The second kappa shape index (κ2) is 14.6. The van der Waals surface area contributed by atoms with Crippen molar-refractivity contribution in [1.82, 2.24) is 14.8 Å². The zero-order chi connectivity index (χ0) is 33.0. The standard InChI is InChI=1S/C34H39ClF3N3O4/c1-19(2)12-29(41-17-22(13-27(37)34(41)45)8-10-40-11-9-24(36)18-40)33(44)39-28(16-30(42)43)25-14-23(15-26(35)32(25)38)31-20(3)6-5-7-21(31)4/h5-7,13-15,17,19,24,28-29H,8-12,16,18H2,1-4H3,(H,39,44)(H,42,43)/t24?,28-,29?/m0/s1. The molecule has 0 bridgehead atoms. The van der Waals surface area contributed by atoms with Crippen molar-refractivity contribution in [3.8, 4) is 11.1 Å². The van der Waals surface area contributed by atoms with Gasteiger partial charge < -0.3 is 19.9 Å². The van der Waals surface area contributed by atoms with E-state index in [0.29, 0.717) is 37.1 Å². The zero-order valence-corrected chi connectivity index (χ0v) is 26.6. The number of halogens is 4. The molecule has 1 saturated heterocycles. The van der Waals surface area contributed by atoms with Crippen LogP contribution in [0.2, 0.25) is 5.02 Å². The van der Waals surface area contributed by atoms with Crippen LogP contribution in [0.1, 0.15) is 67.4 Å². The van der Waals surface area contributed by atoms with E-state index < -0.39 is 53.7 Å². The van der Waals surface area contributed by atoms with Gasteiger partial charge in [0.25, 0.3) is 5.56 Å². The molecule has 2 heterocycles. The number of carbonyl (C=O) groups is 2. The van der Waals surface area contributed by atoms with Crippen LogP contribution >= 0.6 is 11.6 Å². The van der Waals surface area contributed by atoms with Crippen LogP contribution in [-0.2, 0) is 16.0 Å². The number of aliphatic carboxylic acids is 1. The monoisotopic (exact) mass is 645 g/mol. The topological polar surface area (TPSA) is 91.6 Å². The number of aromatic nitrogens is 1. The Bertz CT molecular complexity index is 1610. The molecule has 1 aliphatic rings. The van der Waals surface area contributed by atoms with Crippen molar-refractivity contribution >= 4 is 23.5 Å². The molecular weight excluding hydrogens is 607 g/mol. The number of pyridine rings is 1. The maximum atomic E-state index is 15.6. The smallest absolute Gasteiger partial charge is 0.305 e. The van der Waals surface area contributed by atoms with Gasteiger partial charge in [-0.3, -0.25) is 14.4 Å². The highest BCUT2D eigenvalue weighted by Crippen LogP contribution is 2.35. The van der Waals surface area contributed by atoms with Crippen molar-refractivity contribution < 1.29 is 27.9 Å². The Balaban J connectivity index is 1.71. The minimum Gasteiger partial charge on any atom is -0.481 e. The fourth-order valence-corrected chi connectivity index (χ4v) is 6.25. The van der Waals surface area contributed by atoms with E-state index in [1.165, 1.54) is 18.3 Å². The van der Waals surface area contributed by atoms with Gasteiger partial charge in [0.05, 0.1) is 17.5 Å². The summed E-state index contributed by atoms with van der Waals surface area (Å²) in [5, 5.41) is 12.1. The van der Waals surface area contributed by atoms with Crippen LogP contribution in [0.3, 0.4) is 0 Å². The number of likely N-dealkylation sites (tertiary alicyclic amines) is 1. The first kappa shape index (κ1) is 34.2. The average Bonchev–Trinajstić information content (AvgIpc) is 3.38. The van der Waals surface area contributed by atoms with Crippen molar-refractivity contribution in [3.63, 3.8) is 0 Å². The third kappa shape index (κ3) is 8.35. The number of carboxylic acids is 1. The summed E-state index contributed by atoms with van der Waals surface area (Å²) in [5.74, 6) is -4.10. The Morgan fingerprint density at radius 2 is 1.82 bits per heavy atom. The van der Waals surface area contributed by atoms with Gasteiger partial charge in [0.1, 0.15) is 18.0 Å². The number of nitrogens with one attached hydrogen (secondary N) is 1. The largest absolute Gasteiger partial charge is 0.481 e. The van der Waals surface area contributed by atoms with E-state index in [2.05, 4.69) is 5.32 Å². The lowest BCUT2D eigenvalue weighted by molar-refractivity contribution is -0.138. The zero-order valence-electron chi connectivity index (χ0n) is 25.9. The number of benzene rings is 2. The summed E-state index contributed by atoms with van der Waals surface area (Å²) in [5.41, 5.74) is 2.47. The van der Waals surface area contributed by atoms with Crippen LogP contribution < -0.4 is 10.9 Å². The van der Waals surface area contributed by atoms with E-state index in [4.69, 9.17) is 11.6 Å². The highest BCUT2D eigenvalue weighted by atomic mass is 35.5. The molecule has 2 unspecified atom stereocenters. The summed E-state index contributed by atoms with van der Waals surface area (Å²) in [7, 11) is 0. The molecule has 1 aliphatic heterocycles. The van der Waals surface area contributed by atoms with Gasteiger partial charge in [-0.15, -0.1) is 0 Å². The van der Waals surface area contributed by atoms with E-state index in [-0.39, 0.29) is 29.5 Å². The van der Waals surface area contributed by atoms with Crippen LogP contribution in [0, 0.1) is 31.4 Å². The molecule has 3 atom stereocenters. The molecule has 2 N–H and O–H groups in total. The number of aryl methyl sites for hydroxylation is 2. The lowest BCUT2D eigenvalue weighted by atomic mass is 9.92. The SMILES string of the molecule is Cc1cccc(C)c1-c1cc(Cl)c(F)c([C@H](CC(=O)O)NC(=O)C(CC(C)C)n2cc(CCN3CCC(F)C3)cc(F)c2=O)c1. The number of amides is 1. The summed E-state index contributed by atoms with van der Waals surface area (Å²) in [6.45, 7) is 8.76. The van der Waals surface area contributed by atoms with Gasteiger partial charge in [0, 0.05) is 31.4 Å². The fraction of sp³-hybridized carbons (Fsp3) is 0.441. The van der Waals surface area contributed by atoms with E-state index in [1.54, 1.807) is 0 Å². The molecular formula is C34H39ClF3N3O4. The first-order valence-electron chi connectivity index (χ1n) is 15.1. The summed E-state index contributed by atoms with van der Waals surface area (Å²) in [6.07, 6.45) is 0.729. The number of hydrogen-bond acceptors (Lipinski definition) is 4. The summed E-state index contributed by atoms with van der Waals surface area (Å²) < 4.78 is 45.2. The second-order valence-electron chi connectivity index (χ2n) is 12.3. The minimum absolute atomic E-state index is 0.121. The molecule has 2 aromatic carbocycles. The second-order valence-corrected chi connectivity index (χ2v) is 12.7. The van der Waals surface area contributed by atoms with Crippen LogP contribution in [0.15, 0.2) is 47.4 Å². The van der Waals surface area contributed by atoms with E-state index >= 15 is 4.39 Å². The van der Waals surface area contributed by atoms with Crippen molar-refractivity contribution in [1.29, 1.82) is 0 Å². The Hall–Kier alpha value is -3.63. The highest BCUT2D eigenvalue weighted by molar-refractivity contribution is 6.31. The van der Waals surface area contributed by atoms with Crippen LogP contribution in [0.4, 0.5) is 13.2 Å². The van der Waals surface area contributed by atoms with E-state index in [0.717, 1.165) is 27.3 Å². The minimum atomic E-state index is -1.35. The predicted molar refractivity (Wildman–Crippen MR) is 168 cm³/mol. The third-order valence-electron chi connectivity index (χ3n) is 8.22. The molecule has 3 aromatic rings. The van der Waals surface area contributed by atoms with Crippen molar-refractivity contribution in [2.75, 3.05) is 19.6 Å². The Morgan fingerprint density at radius 1 is 1.13 bits per heavy atom. The molecule has 0 aliphatic carbocycles. The molecule has 0 spiro atoms. The maximum absolute atomic E-state index is 15.6. The van der Waals surface area contributed by atoms with Gasteiger partial charge in [-0.25, -0.2) is 13.2 Å². The van der Waals surface area contributed by atoms with Gasteiger partial charge in [-0.05, 0) is 85.0 Å². The van der Waals surface area contributed by atoms with Gasteiger partial charge >= 0.3 is 5.97 Å². The first-order valence-corrected chi connectivity index (χ1v) is 15.5. The van der Waals surface area contributed by atoms with Crippen molar-refractivity contribution in [2.24, 2.45) is 5.92 Å². The molecule has 0 radical (unpaired) electrons. The summed E-state index contributed by atoms with van der Waals surface area (Å²) in [4.78, 5) is 40.8. The Labute approximate surface area is 266 Å². The number of hydrogen-bond donors (Lipinski definition) is 2. The number of nitrogens with zero attached hydrogens (tertiary/aromatic N) is 2. The van der Waals surface area contributed by atoms with Gasteiger partial charge in [0.15, 0.2) is 5.82 Å². The normalized spacial score (nSPS) is 16.6. The molecule has 4 rings (SSSR count). The predicted octanol–water partition coefficient (Wildman–Crippen LogP) is 6.57. The number of alkyl halides is 1. The lowest BCUT2D eigenvalue weighted by Crippen LogP contribution is -2.41. The van der Waals surface area contributed by atoms with Gasteiger partial charge in [-0.2, -0.15) is 0 Å². The van der Waals surface area contributed by atoms with E-state index in [9.17, 15) is 28.3 Å². The lowest BCUT2D eigenvalue weighted by Gasteiger charge is -2.26. The molecule has 0 saturated carbocycles. The first-order chi connectivity index (χ1) is 21.2. The number of carbonyl (C=O) groups excluding carboxylic acids is 1. The number of rotatable bonds is 12. The maximum Gasteiger partial charge on any atom is 0.305 e. The fourth-order valence-electron chi connectivity index (χ4n) is 6.02. The van der Waals surface area contributed by atoms with E-state index in [1.807, 2.05) is 50.8 Å². The molecule has 1 aromatic heterocycles. The Kier molecular flexibility index (Phi) is 11.1. The molecule has 7 nitrogen and oxygen atoms in total. The molecule has 1 amide bonds. The van der Waals surface area contributed by atoms with Gasteiger partial charge in [0.2, 0.25) is 5.91 Å². The van der Waals surface area contributed by atoms with Crippen LogP contribution in [-0.4, -0.2) is 52.3 Å². The molecule has 242 valence electrons. The quantitative estimate of drug-likeness (QED) is 0.233. The van der Waals surface area contributed by atoms with Crippen molar-refractivity contribution in [2.45, 2.75) is 71.6 Å². The van der Waals surface area contributed by atoms with Crippen molar-refractivity contribution in [3.05, 3.63) is 91.9 Å².